The van der Waals surface area contributed by atoms with Crippen molar-refractivity contribution in [1.29, 1.82) is 0 Å². The molecule has 0 radical (unpaired) electrons. The second-order valence-electron chi connectivity index (χ2n) is 13.5. The molecule has 2 fully saturated rings. The number of aromatic nitrogens is 4. The van der Waals surface area contributed by atoms with Gasteiger partial charge in [-0.3, -0.25) is 43.5 Å². The fraction of sp³-hybridized carbons (Fsp3) is 0.282. The highest BCUT2D eigenvalue weighted by molar-refractivity contribution is 6.25. The van der Waals surface area contributed by atoms with Crippen LogP contribution in [0.4, 0.5) is 17.3 Å². The summed E-state index contributed by atoms with van der Waals surface area (Å²) in [6, 6.07) is 16.5. The Labute approximate surface area is 315 Å². The maximum absolute atomic E-state index is 13.4. The molecule has 6 heterocycles. The number of hydrogen-bond donors (Lipinski definition) is 4. The van der Waals surface area contributed by atoms with Crippen molar-refractivity contribution in [1.82, 2.24) is 34.5 Å². The number of imidazole rings is 1. The van der Waals surface area contributed by atoms with E-state index in [-0.39, 0.29) is 35.9 Å². The van der Waals surface area contributed by atoms with Crippen molar-refractivity contribution in [3.8, 4) is 11.3 Å². The molecule has 0 bridgehead atoms. The average Bonchev–Trinajstić information content (AvgIpc) is 3.89. The molecule has 3 aliphatic rings. The van der Waals surface area contributed by atoms with Crippen LogP contribution in [0.3, 0.4) is 0 Å². The highest BCUT2D eigenvalue weighted by atomic mass is 16.5. The van der Waals surface area contributed by atoms with Crippen LogP contribution in [0.1, 0.15) is 68.6 Å². The summed E-state index contributed by atoms with van der Waals surface area (Å²) in [5, 5.41) is 8.23. The number of rotatable bonds is 12. The van der Waals surface area contributed by atoms with E-state index in [4.69, 9.17) is 15.5 Å². The van der Waals surface area contributed by atoms with Crippen LogP contribution in [0.15, 0.2) is 79.3 Å². The van der Waals surface area contributed by atoms with Gasteiger partial charge in [-0.1, -0.05) is 24.3 Å². The fourth-order valence-corrected chi connectivity index (χ4v) is 7.52. The van der Waals surface area contributed by atoms with E-state index in [9.17, 15) is 24.0 Å². The predicted molar refractivity (Wildman–Crippen MR) is 201 cm³/mol. The van der Waals surface area contributed by atoms with E-state index in [2.05, 4.69) is 30.8 Å². The molecule has 2 atom stereocenters. The maximum Gasteiger partial charge on any atom is 0.264 e. The van der Waals surface area contributed by atoms with Gasteiger partial charge in [-0.2, -0.15) is 0 Å². The van der Waals surface area contributed by atoms with Gasteiger partial charge in [0.05, 0.1) is 30.4 Å². The number of ether oxygens (including phenoxy) is 1. The van der Waals surface area contributed by atoms with Crippen LogP contribution >= 0.6 is 0 Å². The molecule has 8 rings (SSSR count). The van der Waals surface area contributed by atoms with Crippen molar-refractivity contribution in [2.45, 2.75) is 37.8 Å². The number of hydrogen-bond acceptors (Lipinski definition) is 12. The van der Waals surface area contributed by atoms with Crippen LogP contribution in [-0.4, -0.2) is 97.6 Å². The first-order valence-electron chi connectivity index (χ1n) is 18.1. The minimum Gasteiger partial charge on any atom is -0.382 e. The zero-order valence-corrected chi connectivity index (χ0v) is 29.7. The van der Waals surface area contributed by atoms with Gasteiger partial charge in [-0.25, -0.2) is 15.0 Å². The quantitative estimate of drug-likeness (QED) is 0.107. The smallest absolute Gasteiger partial charge is 0.264 e. The molecule has 0 aliphatic carbocycles. The monoisotopic (exact) mass is 742 g/mol. The number of benzene rings is 2. The van der Waals surface area contributed by atoms with Crippen molar-refractivity contribution in [3.63, 3.8) is 0 Å². The highest BCUT2D eigenvalue weighted by Crippen LogP contribution is 2.37. The Morgan fingerprint density at radius 2 is 1.78 bits per heavy atom. The molecule has 2 aromatic carbocycles. The number of nitrogens with two attached hydrogens (primary N) is 1. The second-order valence-corrected chi connectivity index (χ2v) is 13.5. The van der Waals surface area contributed by atoms with Gasteiger partial charge in [0.2, 0.25) is 11.8 Å². The zero-order chi connectivity index (χ0) is 38.1. The van der Waals surface area contributed by atoms with Crippen LogP contribution in [-0.2, 0) is 14.3 Å². The summed E-state index contributed by atoms with van der Waals surface area (Å²) in [5.41, 5.74) is 9.99. The first kappa shape index (κ1) is 35.5. The van der Waals surface area contributed by atoms with Crippen molar-refractivity contribution in [3.05, 3.63) is 102 Å². The van der Waals surface area contributed by atoms with Crippen molar-refractivity contribution >= 4 is 52.4 Å². The molecule has 0 saturated carbocycles. The number of carbonyl (C=O) groups excluding carboxylic acids is 5. The van der Waals surface area contributed by atoms with E-state index in [0.29, 0.717) is 60.4 Å². The summed E-state index contributed by atoms with van der Waals surface area (Å²) in [6.07, 6.45) is 7.18. The van der Waals surface area contributed by atoms with Gasteiger partial charge in [0.15, 0.2) is 0 Å². The molecule has 5 amide bonds. The average molecular weight is 743 g/mol. The Hall–Kier alpha value is -6.52. The third kappa shape index (κ3) is 6.88. The van der Waals surface area contributed by atoms with Crippen LogP contribution < -0.4 is 21.7 Å². The predicted octanol–water partition coefficient (Wildman–Crippen LogP) is 3.29. The van der Waals surface area contributed by atoms with Gasteiger partial charge in [0, 0.05) is 54.9 Å². The molecule has 3 aliphatic heterocycles. The molecule has 5 aromatic rings. The number of pyridine rings is 1. The molecule has 55 heavy (non-hydrogen) atoms. The lowest BCUT2D eigenvalue weighted by Gasteiger charge is -2.27. The van der Waals surface area contributed by atoms with Crippen LogP contribution in [0.25, 0.3) is 16.8 Å². The van der Waals surface area contributed by atoms with E-state index < -0.39 is 29.7 Å². The first-order valence-corrected chi connectivity index (χ1v) is 18.1. The Morgan fingerprint density at radius 3 is 2.58 bits per heavy atom. The molecule has 16 nitrogen and oxygen atoms in total. The number of likely N-dealkylation sites (tertiary alicyclic amines) is 1. The van der Waals surface area contributed by atoms with E-state index in [0.717, 1.165) is 35.7 Å². The van der Waals surface area contributed by atoms with Crippen molar-refractivity contribution < 1.29 is 28.7 Å². The summed E-state index contributed by atoms with van der Waals surface area (Å²) >= 11 is 0. The number of nitrogen functional groups attached to an aromatic ring is 1. The summed E-state index contributed by atoms with van der Waals surface area (Å²) in [5.74, 6) is -0.780. The molecule has 1 unspecified atom stereocenters. The summed E-state index contributed by atoms with van der Waals surface area (Å²) < 4.78 is 8.01. The lowest BCUT2D eigenvalue weighted by molar-refractivity contribution is -0.136. The summed E-state index contributed by atoms with van der Waals surface area (Å²) in [4.78, 5) is 80.4. The SMILES string of the molecule is Nc1nccn2c([C@@H]3CCCN3CCOCCNc3cccc4c3C(=O)N(C3CCC(=O)NC3=O)C4=O)nc(-c3ccc(C(=O)Nc4ccccn4)cc3)c12. The molecular weight excluding hydrogens is 704 g/mol. The van der Waals surface area contributed by atoms with Crippen molar-refractivity contribution in [2.75, 3.05) is 49.2 Å². The lowest BCUT2D eigenvalue weighted by atomic mass is 10.0. The topological polar surface area (TPSA) is 206 Å². The van der Waals surface area contributed by atoms with Gasteiger partial charge in [0.1, 0.15) is 34.7 Å². The largest absolute Gasteiger partial charge is 0.382 e. The number of amides is 5. The molecule has 2 saturated heterocycles. The number of carbonyl (C=O) groups is 5. The minimum atomic E-state index is -1.03. The lowest BCUT2D eigenvalue weighted by Crippen LogP contribution is -2.54. The number of nitrogens with one attached hydrogen (secondary N) is 3. The number of fused-ring (bicyclic) bond motifs is 2. The Bertz CT molecular complexity index is 2310. The van der Waals surface area contributed by atoms with Crippen LogP contribution in [0.5, 0.6) is 0 Å². The Kier molecular flexibility index (Phi) is 9.73. The first-order chi connectivity index (χ1) is 26.8. The summed E-state index contributed by atoms with van der Waals surface area (Å²) in [6.45, 7) is 2.70. The third-order valence-corrected chi connectivity index (χ3v) is 10.2. The molecule has 16 heteroatoms. The van der Waals surface area contributed by atoms with Gasteiger partial charge in [-0.15, -0.1) is 0 Å². The van der Waals surface area contributed by atoms with E-state index in [1.807, 2.05) is 22.7 Å². The van der Waals surface area contributed by atoms with E-state index in [1.54, 1.807) is 60.9 Å². The number of nitrogens with zero attached hydrogens (tertiary/aromatic N) is 6. The van der Waals surface area contributed by atoms with Gasteiger partial charge >= 0.3 is 0 Å². The molecule has 5 N–H and O–H groups in total. The molecular formula is C39H38N10O6. The minimum absolute atomic E-state index is 0.0102. The molecule has 3 aromatic heterocycles. The number of piperidine rings is 1. The van der Waals surface area contributed by atoms with Gasteiger partial charge in [-0.05, 0) is 62.2 Å². The van der Waals surface area contributed by atoms with E-state index >= 15 is 0 Å². The molecule has 0 spiro atoms. The van der Waals surface area contributed by atoms with Crippen LogP contribution in [0.2, 0.25) is 0 Å². The van der Waals surface area contributed by atoms with Crippen molar-refractivity contribution in [2.24, 2.45) is 0 Å². The second kappa shape index (κ2) is 15.1. The Balaban J connectivity index is 0.891. The van der Waals surface area contributed by atoms with E-state index in [1.165, 1.54) is 0 Å². The highest BCUT2D eigenvalue weighted by Gasteiger charge is 2.45. The van der Waals surface area contributed by atoms with Gasteiger partial charge in [0.25, 0.3) is 17.7 Å². The fourth-order valence-electron chi connectivity index (χ4n) is 7.52. The maximum atomic E-state index is 13.4. The van der Waals surface area contributed by atoms with Crippen LogP contribution in [0, 0.1) is 0 Å². The number of anilines is 3. The zero-order valence-electron chi connectivity index (χ0n) is 29.7. The third-order valence-electron chi connectivity index (χ3n) is 10.2. The Morgan fingerprint density at radius 1 is 0.927 bits per heavy atom. The summed E-state index contributed by atoms with van der Waals surface area (Å²) in [7, 11) is 0. The van der Waals surface area contributed by atoms with Gasteiger partial charge < -0.3 is 21.1 Å². The standard InChI is InChI=1S/C39H38N10O6/c40-34-33-32(23-9-11-24(12-10-23)36(51)44-29-8-1-2-15-42-29)46-35(48(33)19-16-43-34)27-7-4-18-47(27)20-22-55-21-17-41-26-6-3-5-25-31(26)39(54)49(38(25)53)28-13-14-30(50)45-37(28)52/h1-3,5-6,8-12,15-16,19,27-28,41H,4,7,13-14,17-18,20-22H2,(H2,40,43)(H,42,44,51)(H,45,50,52)/t27-,28?/m0/s1. The molecule has 280 valence electrons. The number of imide groups is 2. The normalized spacial score (nSPS) is 18.5.